The predicted molar refractivity (Wildman–Crippen MR) is 175 cm³/mol. The summed E-state index contributed by atoms with van der Waals surface area (Å²) in [4.78, 5) is 0. The molecule has 0 aliphatic heterocycles. The molecule has 0 bridgehead atoms. The van der Waals surface area contributed by atoms with Crippen LogP contribution < -0.4 is 10.6 Å². The molecule has 0 saturated carbocycles. The van der Waals surface area contributed by atoms with Gasteiger partial charge in [-0.15, -0.1) is 20.5 Å². The van der Waals surface area contributed by atoms with Crippen LogP contribution in [-0.4, -0.2) is 0 Å². The van der Waals surface area contributed by atoms with Gasteiger partial charge in [0.05, 0.1) is 0 Å². The highest BCUT2D eigenvalue weighted by atomic mass is 19.2. The monoisotopic (exact) mass is 880 g/mol. The van der Waals surface area contributed by atoms with Crippen molar-refractivity contribution in [1.29, 1.82) is 0 Å². The minimum Gasteiger partial charge on any atom is -0.351 e. The number of azo groups is 2. The second-order valence-electron chi connectivity index (χ2n) is 12.4. The Labute approximate surface area is 325 Å². The summed E-state index contributed by atoms with van der Waals surface area (Å²) in [6.45, 7) is 0. The molecule has 0 saturated heterocycles. The molecular weight excluding hydrogens is 870 g/mol. The lowest BCUT2D eigenvalue weighted by Gasteiger charge is -2.13. The van der Waals surface area contributed by atoms with Crippen molar-refractivity contribution in [2.45, 2.75) is 6.42 Å². The molecule has 314 valence electrons. The molecule has 0 spiro atoms. The van der Waals surface area contributed by atoms with E-state index < -0.39 is 139 Å². The molecule has 1 aliphatic carbocycles. The third-order valence-electron chi connectivity index (χ3n) is 8.77. The standard InChI is InChI=1S/C37H10F18N6/c38-14-16(40)20(44)34(21(45)17(14)41)58-60-36-28(52)24(48)32(25(49)29(36)53)56-10-1-3-12-8(6-10)5-9-7-11(2-4-13(9)12)57-33-26(50)30(54)37(31(55)27(33)51)61-59-35-22(46)18(42)15(39)19(43)23(35)47/h1-4,6-7,56-57H,5H2. The van der Waals surface area contributed by atoms with Crippen LogP contribution in [0.3, 0.4) is 0 Å². The summed E-state index contributed by atoms with van der Waals surface area (Å²) in [6, 6.07) is 7.53. The van der Waals surface area contributed by atoms with Gasteiger partial charge in [-0.05, 0) is 52.9 Å². The number of fused-ring (bicyclic) bond motifs is 3. The quantitative estimate of drug-likeness (QED) is 0.0691. The fourth-order valence-electron chi connectivity index (χ4n) is 5.85. The van der Waals surface area contributed by atoms with Gasteiger partial charge >= 0.3 is 0 Å². The molecule has 0 heterocycles. The lowest BCUT2D eigenvalue weighted by Crippen LogP contribution is -2.04. The van der Waals surface area contributed by atoms with Crippen molar-refractivity contribution >= 4 is 45.5 Å². The summed E-state index contributed by atoms with van der Waals surface area (Å²) in [5.74, 6) is -43.4. The van der Waals surface area contributed by atoms with Gasteiger partial charge in [0.15, 0.2) is 116 Å². The van der Waals surface area contributed by atoms with E-state index in [4.69, 9.17) is 0 Å². The highest BCUT2D eigenvalue weighted by molar-refractivity contribution is 5.82. The normalized spacial score (nSPS) is 12.2. The van der Waals surface area contributed by atoms with E-state index in [0.29, 0.717) is 22.3 Å². The van der Waals surface area contributed by atoms with Gasteiger partial charge in [-0.3, -0.25) is 0 Å². The first-order chi connectivity index (χ1) is 28.7. The van der Waals surface area contributed by atoms with Gasteiger partial charge in [-0.25, -0.2) is 79.0 Å². The van der Waals surface area contributed by atoms with Crippen LogP contribution in [-0.2, 0) is 6.42 Å². The molecule has 2 N–H and O–H groups in total. The molecule has 1 aliphatic rings. The lowest BCUT2D eigenvalue weighted by molar-refractivity contribution is 0.380. The molecule has 0 radical (unpaired) electrons. The van der Waals surface area contributed by atoms with E-state index in [-0.39, 0.29) is 17.8 Å². The molecular formula is C37H10F18N6. The topological polar surface area (TPSA) is 73.5 Å². The molecule has 24 heteroatoms. The fraction of sp³-hybridized carbons (Fsp3) is 0.0270. The first-order valence-electron chi connectivity index (χ1n) is 16.1. The second kappa shape index (κ2) is 15.5. The van der Waals surface area contributed by atoms with Crippen molar-refractivity contribution in [3.63, 3.8) is 0 Å². The average Bonchev–Trinajstić information content (AvgIpc) is 3.61. The Kier molecular flexibility index (Phi) is 10.7. The van der Waals surface area contributed by atoms with Crippen molar-refractivity contribution in [2.75, 3.05) is 10.6 Å². The zero-order valence-corrected chi connectivity index (χ0v) is 28.8. The summed E-state index contributed by atoms with van der Waals surface area (Å²) in [6.07, 6.45) is -0.0644. The fourth-order valence-corrected chi connectivity index (χ4v) is 5.85. The Hall–Kier alpha value is -7.14. The Bertz CT molecular complexity index is 2640. The number of hydrogen-bond donors (Lipinski definition) is 2. The summed E-state index contributed by atoms with van der Waals surface area (Å²) in [5.41, 5.74) is -9.75. The van der Waals surface area contributed by atoms with Gasteiger partial charge in [-0.2, -0.15) is 0 Å². The van der Waals surface area contributed by atoms with E-state index in [1.165, 1.54) is 36.4 Å². The van der Waals surface area contributed by atoms with E-state index >= 15 is 17.6 Å². The van der Waals surface area contributed by atoms with Crippen LogP contribution >= 0.6 is 0 Å². The molecule has 0 unspecified atom stereocenters. The molecule has 0 fully saturated rings. The lowest BCUT2D eigenvalue weighted by atomic mass is 10.0. The Balaban J connectivity index is 1.12. The molecule has 0 atom stereocenters. The third kappa shape index (κ3) is 6.89. The minimum absolute atomic E-state index is 0.0644. The van der Waals surface area contributed by atoms with Gasteiger partial charge in [0.2, 0.25) is 11.6 Å². The summed E-state index contributed by atoms with van der Waals surface area (Å²) in [7, 11) is 0. The van der Waals surface area contributed by atoms with Crippen molar-refractivity contribution in [1.82, 2.24) is 0 Å². The maximum atomic E-state index is 15.0. The van der Waals surface area contributed by atoms with Crippen LogP contribution in [0.15, 0.2) is 56.9 Å². The zero-order chi connectivity index (χ0) is 44.5. The number of hydrogen-bond acceptors (Lipinski definition) is 6. The molecule has 0 amide bonds. The highest BCUT2D eigenvalue weighted by Crippen LogP contribution is 2.43. The van der Waals surface area contributed by atoms with Crippen molar-refractivity contribution in [2.24, 2.45) is 20.5 Å². The predicted octanol–water partition coefficient (Wildman–Crippen LogP) is 14.1. The highest BCUT2D eigenvalue weighted by Gasteiger charge is 2.31. The van der Waals surface area contributed by atoms with Crippen LogP contribution in [0.5, 0.6) is 0 Å². The SMILES string of the molecule is Fc1c(F)c(F)c(N=Nc2c(F)c(F)c(Nc3ccc4c(c3)Cc3cc(Nc5c(F)c(F)c(N=Nc6c(F)c(F)c(F)c(F)c6F)c(F)c5F)ccc3-4)c(F)c2F)c(F)c1F. The van der Waals surface area contributed by atoms with Crippen molar-refractivity contribution < 1.29 is 79.0 Å². The Morgan fingerprint density at radius 3 is 0.787 bits per heavy atom. The van der Waals surface area contributed by atoms with Gasteiger partial charge in [-0.1, -0.05) is 12.1 Å². The molecule has 0 aromatic heterocycles. The summed E-state index contributed by atoms with van der Waals surface area (Å²) in [5, 5.41) is 14.5. The van der Waals surface area contributed by atoms with Crippen LogP contribution in [0.2, 0.25) is 0 Å². The minimum atomic E-state index is -2.60. The zero-order valence-electron chi connectivity index (χ0n) is 28.8. The van der Waals surface area contributed by atoms with E-state index in [0.717, 1.165) is 0 Å². The Morgan fingerprint density at radius 1 is 0.295 bits per heavy atom. The number of halogens is 18. The van der Waals surface area contributed by atoms with Gasteiger partial charge in [0, 0.05) is 11.4 Å². The summed E-state index contributed by atoms with van der Waals surface area (Å²) < 4.78 is 256. The maximum Gasteiger partial charge on any atom is 0.200 e. The van der Waals surface area contributed by atoms with Gasteiger partial charge in [0.1, 0.15) is 11.4 Å². The number of nitrogens with zero attached hydrogens (tertiary/aromatic N) is 4. The number of anilines is 4. The first-order valence-corrected chi connectivity index (χ1v) is 16.1. The van der Waals surface area contributed by atoms with Gasteiger partial charge < -0.3 is 10.6 Å². The second-order valence-corrected chi connectivity index (χ2v) is 12.4. The summed E-state index contributed by atoms with van der Waals surface area (Å²) >= 11 is 0. The first kappa shape index (κ1) is 42.0. The van der Waals surface area contributed by atoms with E-state index in [9.17, 15) is 61.5 Å². The molecule has 61 heavy (non-hydrogen) atoms. The number of nitrogens with one attached hydrogen (secondary N) is 2. The average molecular weight is 880 g/mol. The largest absolute Gasteiger partial charge is 0.351 e. The van der Waals surface area contributed by atoms with Crippen LogP contribution in [0.4, 0.5) is 125 Å². The third-order valence-corrected chi connectivity index (χ3v) is 8.77. The van der Waals surface area contributed by atoms with Crippen LogP contribution in [0, 0.1) is 105 Å². The van der Waals surface area contributed by atoms with Crippen molar-refractivity contribution in [3.05, 3.63) is 152 Å². The Morgan fingerprint density at radius 2 is 0.525 bits per heavy atom. The molecule has 6 aromatic rings. The van der Waals surface area contributed by atoms with Crippen LogP contribution in [0.1, 0.15) is 11.1 Å². The van der Waals surface area contributed by atoms with E-state index in [2.05, 4.69) is 31.1 Å². The number of rotatable bonds is 8. The maximum absolute atomic E-state index is 15.0. The van der Waals surface area contributed by atoms with Crippen molar-refractivity contribution in [3.8, 4) is 11.1 Å². The van der Waals surface area contributed by atoms with E-state index in [1.807, 2.05) is 0 Å². The smallest absolute Gasteiger partial charge is 0.200 e. The van der Waals surface area contributed by atoms with Crippen LogP contribution in [0.25, 0.3) is 11.1 Å². The molecule has 6 nitrogen and oxygen atoms in total. The van der Waals surface area contributed by atoms with E-state index in [1.54, 1.807) is 0 Å². The molecule has 7 rings (SSSR count). The van der Waals surface area contributed by atoms with Gasteiger partial charge in [0.25, 0.3) is 0 Å². The molecule has 6 aromatic carbocycles. The number of benzene rings is 6.